The molecule has 0 aliphatic carbocycles. The standard InChI is InChI=1S/C19H21N3OS2/c1-13-14(2)25-19(21-13)17(10-16-7-9-24-12-16)22-18(23)6-5-15-4-3-8-20-11-15/h3-4,7-9,11-12,17H,5-6,10H2,1-2H3,(H,22,23). The lowest BCUT2D eigenvalue weighted by Gasteiger charge is -2.16. The molecule has 130 valence electrons. The van der Waals surface area contributed by atoms with Crippen molar-refractivity contribution < 1.29 is 4.79 Å². The highest BCUT2D eigenvalue weighted by Gasteiger charge is 2.20. The summed E-state index contributed by atoms with van der Waals surface area (Å²) in [5.41, 5.74) is 3.35. The zero-order valence-corrected chi connectivity index (χ0v) is 16.0. The van der Waals surface area contributed by atoms with Crippen molar-refractivity contribution in [3.8, 4) is 0 Å². The van der Waals surface area contributed by atoms with Gasteiger partial charge < -0.3 is 5.32 Å². The molecule has 0 bridgehead atoms. The molecule has 0 aliphatic heterocycles. The largest absolute Gasteiger partial charge is 0.347 e. The van der Waals surface area contributed by atoms with E-state index in [2.05, 4.69) is 39.0 Å². The van der Waals surface area contributed by atoms with Gasteiger partial charge in [-0.2, -0.15) is 11.3 Å². The quantitative estimate of drug-likeness (QED) is 0.675. The van der Waals surface area contributed by atoms with Gasteiger partial charge in [-0.1, -0.05) is 6.07 Å². The van der Waals surface area contributed by atoms with Crippen molar-refractivity contribution in [1.29, 1.82) is 0 Å². The Morgan fingerprint density at radius 2 is 2.16 bits per heavy atom. The van der Waals surface area contributed by atoms with Crippen molar-refractivity contribution in [3.63, 3.8) is 0 Å². The van der Waals surface area contributed by atoms with Crippen molar-refractivity contribution in [3.05, 3.63) is 68.1 Å². The molecule has 0 spiro atoms. The maximum Gasteiger partial charge on any atom is 0.220 e. The molecule has 1 unspecified atom stereocenters. The van der Waals surface area contributed by atoms with Gasteiger partial charge in [-0.15, -0.1) is 11.3 Å². The normalized spacial score (nSPS) is 12.1. The lowest BCUT2D eigenvalue weighted by Crippen LogP contribution is -2.30. The molecule has 3 aromatic rings. The number of hydrogen-bond acceptors (Lipinski definition) is 5. The zero-order valence-electron chi connectivity index (χ0n) is 14.4. The minimum Gasteiger partial charge on any atom is -0.347 e. The van der Waals surface area contributed by atoms with E-state index in [0.29, 0.717) is 12.8 Å². The van der Waals surface area contributed by atoms with Crippen LogP contribution in [0.5, 0.6) is 0 Å². The van der Waals surface area contributed by atoms with E-state index in [-0.39, 0.29) is 11.9 Å². The van der Waals surface area contributed by atoms with E-state index in [1.54, 1.807) is 28.9 Å². The number of nitrogens with one attached hydrogen (secondary N) is 1. The van der Waals surface area contributed by atoms with Crippen LogP contribution in [0.15, 0.2) is 41.4 Å². The summed E-state index contributed by atoms with van der Waals surface area (Å²) in [4.78, 5) is 22.4. The number of thiophene rings is 1. The van der Waals surface area contributed by atoms with Crippen LogP contribution < -0.4 is 5.32 Å². The lowest BCUT2D eigenvalue weighted by molar-refractivity contribution is -0.121. The van der Waals surface area contributed by atoms with E-state index in [1.165, 1.54) is 10.4 Å². The number of carbonyl (C=O) groups excluding carboxylic acids is 1. The van der Waals surface area contributed by atoms with Crippen LogP contribution >= 0.6 is 22.7 Å². The van der Waals surface area contributed by atoms with Crippen LogP contribution in [0.2, 0.25) is 0 Å². The van der Waals surface area contributed by atoms with Crippen LogP contribution in [0.1, 0.15) is 39.2 Å². The van der Waals surface area contributed by atoms with Crippen LogP contribution in [-0.4, -0.2) is 15.9 Å². The number of nitrogens with zero attached hydrogens (tertiary/aromatic N) is 2. The number of carbonyl (C=O) groups is 1. The molecule has 25 heavy (non-hydrogen) atoms. The Morgan fingerprint density at radius 1 is 1.28 bits per heavy atom. The third-order valence-corrected chi connectivity index (χ3v) is 5.98. The van der Waals surface area contributed by atoms with Crippen molar-refractivity contribution >= 4 is 28.6 Å². The van der Waals surface area contributed by atoms with Gasteiger partial charge in [-0.05, 0) is 54.3 Å². The first-order valence-electron chi connectivity index (χ1n) is 8.25. The van der Waals surface area contributed by atoms with E-state index in [1.807, 2.05) is 25.3 Å². The Morgan fingerprint density at radius 3 is 2.80 bits per heavy atom. The van der Waals surface area contributed by atoms with Gasteiger partial charge in [0, 0.05) is 30.1 Å². The molecule has 0 aromatic carbocycles. The molecular weight excluding hydrogens is 350 g/mol. The average molecular weight is 372 g/mol. The van der Waals surface area contributed by atoms with Crippen molar-refractivity contribution in [2.24, 2.45) is 0 Å². The second-order valence-corrected chi connectivity index (χ2v) is 8.03. The highest BCUT2D eigenvalue weighted by molar-refractivity contribution is 7.11. The van der Waals surface area contributed by atoms with Gasteiger partial charge in [-0.25, -0.2) is 4.98 Å². The van der Waals surface area contributed by atoms with E-state index in [0.717, 1.165) is 22.7 Å². The predicted octanol–water partition coefficient (Wildman–Crippen LogP) is 4.25. The fourth-order valence-corrected chi connectivity index (χ4v) is 4.22. The second-order valence-electron chi connectivity index (χ2n) is 6.01. The molecule has 3 rings (SSSR count). The Bertz CT molecular complexity index is 793. The van der Waals surface area contributed by atoms with Crippen molar-refractivity contribution in [2.45, 2.75) is 39.2 Å². The Labute approximate surface area is 156 Å². The Hall–Kier alpha value is -2.05. The van der Waals surface area contributed by atoms with Gasteiger partial charge >= 0.3 is 0 Å². The van der Waals surface area contributed by atoms with Gasteiger partial charge in [-0.3, -0.25) is 9.78 Å². The molecule has 0 saturated heterocycles. The van der Waals surface area contributed by atoms with Gasteiger partial charge in [0.1, 0.15) is 5.01 Å². The van der Waals surface area contributed by atoms with Crippen molar-refractivity contribution in [1.82, 2.24) is 15.3 Å². The summed E-state index contributed by atoms with van der Waals surface area (Å²) >= 11 is 3.34. The number of aryl methyl sites for hydroxylation is 3. The van der Waals surface area contributed by atoms with E-state index in [9.17, 15) is 4.79 Å². The van der Waals surface area contributed by atoms with E-state index < -0.39 is 0 Å². The fraction of sp³-hybridized carbons (Fsp3) is 0.316. The first kappa shape index (κ1) is 17.8. The van der Waals surface area contributed by atoms with Gasteiger partial charge in [0.15, 0.2) is 0 Å². The summed E-state index contributed by atoms with van der Waals surface area (Å²) in [6, 6.07) is 5.92. The Balaban J connectivity index is 1.67. The number of thiazole rings is 1. The van der Waals surface area contributed by atoms with Crippen LogP contribution in [0.4, 0.5) is 0 Å². The summed E-state index contributed by atoms with van der Waals surface area (Å²) in [7, 11) is 0. The third-order valence-electron chi connectivity index (χ3n) is 4.06. The molecule has 1 atom stereocenters. The SMILES string of the molecule is Cc1nc(C(Cc2ccsc2)NC(=O)CCc2cccnc2)sc1C. The van der Waals surface area contributed by atoms with E-state index >= 15 is 0 Å². The molecular formula is C19H21N3OS2. The van der Waals surface area contributed by atoms with E-state index in [4.69, 9.17) is 0 Å². The highest BCUT2D eigenvalue weighted by Crippen LogP contribution is 2.26. The second kappa shape index (κ2) is 8.36. The summed E-state index contributed by atoms with van der Waals surface area (Å²) in [5.74, 6) is 0.0505. The third kappa shape index (κ3) is 4.96. The van der Waals surface area contributed by atoms with Gasteiger partial charge in [0.25, 0.3) is 0 Å². The summed E-state index contributed by atoms with van der Waals surface area (Å²) in [6.45, 7) is 4.09. The number of hydrogen-bond donors (Lipinski definition) is 1. The molecule has 4 nitrogen and oxygen atoms in total. The first-order valence-corrected chi connectivity index (χ1v) is 10.0. The monoisotopic (exact) mass is 371 g/mol. The maximum atomic E-state index is 12.5. The van der Waals surface area contributed by atoms with Crippen LogP contribution in [0.25, 0.3) is 0 Å². The number of pyridine rings is 1. The molecule has 0 saturated carbocycles. The molecule has 1 amide bonds. The predicted molar refractivity (Wildman–Crippen MR) is 103 cm³/mol. The minimum atomic E-state index is -0.0756. The number of rotatable bonds is 7. The van der Waals surface area contributed by atoms with Crippen molar-refractivity contribution in [2.75, 3.05) is 0 Å². The first-order chi connectivity index (χ1) is 12.1. The van der Waals surface area contributed by atoms with Crippen LogP contribution in [-0.2, 0) is 17.6 Å². The smallest absolute Gasteiger partial charge is 0.220 e. The summed E-state index contributed by atoms with van der Waals surface area (Å²) in [6.07, 6.45) is 5.47. The molecule has 0 radical (unpaired) electrons. The topological polar surface area (TPSA) is 54.9 Å². The number of amides is 1. The van der Waals surface area contributed by atoms with Crippen LogP contribution in [0, 0.1) is 13.8 Å². The summed E-state index contributed by atoms with van der Waals surface area (Å²) < 4.78 is 0. The number of aromatic nitrogens is 2. The average Bonchev–Trinajstić information content (AvgIpc) is 3.24. The molecule has 1 N–H and O–H groups in total. The van der Waals surface area contributed by atoms with Crippen LogP contribution in [0.3, 0.4) is 0 Å². The molecule has 3 heterocycles. The lowest BCUT2D eigenvalue weighted by atomic mass is 10.1. The molecule has 0 aliphatic rings. The highest BCUT2D eigenvalue weighted by atomic mass is 32.1. The molecule has 6 heteroatoms. The zero-order chi connectivity index (χ0) is 17.6. The van der Waals surface area contributed by atoms with Gasteiger partial charge in [0.2, 0.25) is 5.91 Å². The summed E-state index contributed by atoms with van der Waals surface area (Å²) in [5, 5.41) is 8.35. The molecule has 0 fully saturated rings. The maximum absolute atomic E-state index is 12.5. The molecule has 3 aromatic heterocycles. The van der Waals surface area contributed by atoms with Gasteiger partial charge in [0.05, 0.1) is 11.7 Å². The minimum absolute atomic E-state index is 0.0505. The fourth-order valence-electron chi connectivity index (χ4n) is 2.56. The Kier molecular flexibility index (Phi) is 5.94.